The van der Waals surface area contributed by atoms with Crippen LogP contribution in [0.2, 0.25) is 10.0 Å². The van der Waals surface area contributed by atoms with E-state index in [1.54, 1.807) is 42.5 Å². The maximum Gasteiger partial charge on any atom is 0.200 e. The fourth-order valence-corrected chi connectivity index (χ4v) is 2.07. The van der Waals surface area contributed by atoms with Gasteiger partial charge in [0.25, 0.3) is 0 Å². The summed E-state index contributed by atoms with van der Waals surface area (Å²) in [5.74, 6) is 0.902. The Morgan fingerprint density at radius 1 is 1.15 bits per heavy atom. The number of rotatable bonds is 5. The quantitative estimate of drug-likeness (QED) is 0.774. The molecule has 0 heterocycles. The van der Waals surface area contributed by atoms with Gasteiger partial charge in [0.1, 0.15) is 11.5 Å². The van der Waals surface area contributed by atoms with Gasteiger partial charge in [-0.15, -0.1) is 0 Å². The predicted octanol–water partition coefficient (Wildman–Crippen LogP) is 4.26. The second-order valence-corrected chi connectivity index (χ2v) is 4.86. The minimum atomic E-state index is -0.172. The van der Waals surface area contributed by atoms with E-state index in [0.29, 0.717) is 27.1 Å². The van der Waals surface area contributed by atoms with Crippen LogP contribution >= 0.6 is 23.2 Å². The van der Waals surface area contributed by atoms with Crippen LogP contribution in [0.3, 0.4) is 0 Å². The van der Waals surface area contributed by atoms with Crippen molar-refractivity contribution in [3.8, 4) is 11.5 Å². The molecule has 20 heavy (non-hydrogen) atoms. The van der Waals surface area contributed by atoms with E-state index < -0.39 is 0 Å². The molecule has 0 spiro atoms. The Balaban J connectivity index is 2.03. The summed E-state index contributed by atoms with van der Waals surface area (Å²) < 4.78 is 10.4. The van der Waals surface area contributed by atoms with Crippen LogP contribution in [-0.4, -0.2) is 19.5 Å². The van der Waals surface area contributed by atoms with Gasteiger partial charge >= 0.3 is 0 Å². The summed E-state index contributed by atoms with van der Waals surface area (Å²) in [6, 6.07) is 11.7. The fraction of sp³-hybridized carbons (Fsp3) is 0.133. The maximum atomic E-state index is 12.0. The molecule has 5 heteroatoms. The summed E-state index contributed by atoms with van der Waals surface area (Å²) in [6.07, 6.45) is 0. The first kappa shape index (κ1) is 14.7. The Labute approximate surface area is 127 Å². The van der Waals surface area contributed by atoms with Crippen LogP contribution in [0.4, 0.5) is 0 Å². The van der Waals surface area contributed by atoms with E-state index in [2.05, 4.69) is 0 Å². The summed E-state index contributed by atoms with van der Waals surface area (Å²) in [4.78, 5) is 12.0. The van der Waals surface area contributed by atoms with Crippen molar-refractivity contribution in [3.63, 3.8) is 0 Å². The van der Waals surface area contributed by atoms with Gasteiger partial charge in [0.05, 0.1) is 12.1 Å². The highest BCUT2D eigenvalue weighted by Gasteiger charge is 2.10. The van der Waals surface area contributed by atoms with Crippen molar-refractivity contribution in [2.45, 2.75) is 0 Å². The maximum absolute atomic E-state index is 12.0. The number of benzene rings is 2. The Morgan fingerprint density at radius 2 is 1.95 bits per heavy atom. The number of ketones is 1. The molecule has 0 fully saturated rings. The zero-order chi connectivity index (χ0) is 14.5. The molecule has 0 aromatic heterocycles. The molecule has 0 amide bonds. The lowest BCUT2D eigenvalue weighted by Gasteiger charge is -2.07. The molecule has 0 saturated carbocycles. The van der Waals surface area contributed by atoms with Crippen LogP contribution in [0.1, 0.15) is 10.4 Å². The van der Waals surface area contributed by atoms with E-state index in [1.165, 1.54) is 7.11 Å². The number of ether oxygens (including phenoxy) is 2. The number of halogens is 2. The Morgan fingerprint density at radius 3 is 2.60 bits per heavy atom. The van der Waals surface area contributed by atoms with Crippen molar-refractivity contribution < 1.29 is 14.3 Å². The van der Waals surface area contributed by atoms with E-state index in [0.717, 1.165) is 0 Å². The van der Waals surface area contributed by atoms with Gasteiger partial charge in [-0.3, -0.25) is 4.79 Å². The SMILES string of the molecule is COc1ccc(C(=O)COc2cccc(Cl)c2)cc1Cl. The first-order valence-electron chi connectivity index (χ1n) is 5.85. The molecule has 0 aliphatic heterocycles. The number of Topliss-reactive ketones (excluding diaryl/α,β-unsaturated/α-hetero) is 1. The van der Waals surface area contributed by atoms with Crippen LogP contribution in [0, 0.1) is 0 Å². The molecule has 0 radical (unpaired) electrons. The zero-order valence-corrected chi connectivity index (χ0v) is 12.2. The van der Waals surface area contributed by atoms with Crippen LogP contribution < -0.4 is 9.47 Å². The van der Waals surface area contributed by atoms with Crippen molar-refractivity contribution in [1.29, 1.82) is 0 Å². The van der Waals surface area contributed by atoms with Gasteiger partial charge in [-0.25, -0.2) is 0 Å². The monoisotopic (exact) mass is 310 g/mol. The Bertz CT molecular complexity index is 626. The molecule has 0 bridgehead atoms. The van der Waals surface area contributed by atoms with E-state index in [4.69, 9.17) is 32.7 Å². The molecular weight excluding hydrogens is 299 g/mol. The van der Waals surface area contributed by atoms with Gasteiger partial charge in [0.2, 0.25) is 0 Å². The minimum Gasteiger partial charge on any atom is -0.495 e. The molecule has 2 rings (SSSR count). The molecule has 104 valence electrons. The van der Waals surface area contributed by atoms with Crippen molar-refractivity contribution >= 4 is 29.0 Å². The molecule has 3 nitrogen and oxygen atoms in total. The van der Waals surface area contributed by atoms with Crippen LogP contribution in [0.15, 0.2) is 42.5 Å². The molecule has 0 saturated heterocycles. The van der Waals surface area contributed by atoms with Gasteiger partial charge in [-0.1, -0.05) is 29.3 Å². The van der Waals surface area contributed by atoms with E-state index in [9.17, 15) is 4.79 Å². The van der Waals surface area contributed by atoms with Crippen molar-refractivity contribution in [3.05, 3.63) is 58.1 Å². The van der Waals surface area contributed by atoms with E-state index in [1.807, 2.05) is 0 Å². The average molecular weight is 311 g/mol. The summed E-state index contributed by atoms with van der Waals surface area (Å²) in [7, 11) is 1.52. The number of carbonyl (C=O) groups excluding carboxylic acids is 1. The van der Waals surface area contributed by atoms with Crippen LogP contribution in [0.25, 0.3) is 0 Å². The third-order valence-electron chi connectivity index (χ3n) is 2.64. The number of carbonyl (C=O) groups is 1. The van der Waals surface area contributed by atoms with Gasteiger partial charge < -0.3 is 9.47 Å². The van der Waals surface area contributed by atoms with Crippen molar-refractivity contribution in [1.82, 2.24) is 0 Å². The standard InChI is InChI=1S/C15H12Cl2O3/c1-19-15-6-5-10(7-13(15)17)14(18)9-20-12-4-2-3-11(16)8-12/h2-8H,9H2,1H3. The molecule has 2 aromatic rings. The molecule has 2 aromatic carbocycles. The number of hydrogen-bond donors (Lipinski definition) is 0. The first-order valence-corrected chi connectivity index (χ1v) is 6.61. The van der Waals surface area contributed by atoms with Crippen molar-refractivity contribution in [2.24, 2.45) is 0 Å². The second kappa shape index (κ2) is 6.64. The van der Waals surface area contributed by atoms with Gasteiger partial charge in [-0.05, 0) is 36.4 Å². The van der Waals surface area contributed by atoms with Gasteiger partial charge in [0.15, 0.2) is 12.4 Å². The first-order chi connectivity index (χ1) is 9.60. The lowest BCUT2D eigenvalue weighted by molar-refractivity contribution is 0.0921. The highest BCUT2D eigenvalue weighted by atomic mass is 35.5. The normalized spacial score (nSPS) is 10.2. The van der Waals surface area contributed by atoms with Crippen molar-refractivity contribution in [2.75, 3.05) is 13.7 Å². The summed E-state index contributed by atoms with van der Waals surface area (Å²) >= 11 is 11.8. The molecule has 0 aliphatic rings. The Hall–Kier alpha value is -1.71. The number of hydrogen-bond acceptors (Lipinski definition) is 3. The van der Waals surface area contributed by atoms with E-state index in [-0.39, 0.29) is 12.4 Å². The lowest BCUT2D eigenvalue weighted by atomic mass is 10.1. The largest absolute Gasteiger partial charge is 0.495 e. The predicted molar refractivity (Wildman–Crippen MR) is 79.3 cm³/mol. The third-order valence-corrected chi connectivity index (χ3v) is 3.17. The van der Waals surface area contributed by atoms with Gasteiger partial charge in [-0.2, -0.15) is 0 Å². The topological polar surface area (TPSA) is 35.5 Å². The second-order valence-electron chi connectivity index (χ2n) is 4.02. The molecule has 0 unspecified atom stereocenters. The smallest absolute Gasteiger partial charge is 0.200 e. The number of methoxy groups -OCH3 is 1. The van der Waals surface area contributed by atoms with Gasteiger partial charge in [0, 0.05) is 10.6 Å². The Kier molecular flexibility index (Phi) is 4.88. The molecule has 0 atom stereocenters. The zero-order valence-electron chi connectivity index (χ0n) is 10.7. The molecular formula is C15H12Cl2O3. The van der Waals surface area contributed by atoms with Crippen LogP contribution in [0.5, 0.6) is 11.5 Å². The lowest BCUT2D eigenvalue weighted by Crippen LogP contribution is -2.11. The fourth-order valence-electron chi connectivity index (χ4n) is 1.63. The highest BCUT2D eigenvalue weighted by Crippen LogP contribution is 2.25. The molecule has 0 aliphatic carbocycles. The van der Waals surface area contributed by atoms with Crippen LogP contribution in [-0.2, 0) is 0 Å². The summed E-state index contributed by atoms with van der Waals surface area (Å²) in [5.41, 5.74) is 0.470. The average Bonchev–Trinajstić information content (AvgIpc) is 2.44. The molecule has 0 N–H and O–H groups in total. The minimum absolute atomic E-state index is 0.0804. The highest BCUT2D eigenvalue weighted by molar-refractivity contribution is 6.32. The third kappa shape index (κ3) is 3.65. The summed E-state index contributed by atoms with van der Waals surface area (Å²) in [6.45, 7) is -0.0804. The summed E-state index contributed by atoms with van der Waals surface area (Å²) in [5, 5.41) is 0.948. The van der Waals surface area contributed by atoms with E-state index >= 15 is 0 Å².